The standard InChI is InChI=1S/C11H12F3NO3/c12-7-5-6(1-3-8(15)10(16)17)2-4-9(7)18-11(13)14/h2,4-5,8,11H,1,3,15H2,(H,16,17)/t8-/m0/s1. The van der Waals surface area contributed by atoms with Gasteiger partial charge in [0.1, 0.15) is 6.04 Å². The van der Waals surface area contributed by atoms with Crippen molar-refractivity contribution in [2.45, 2.75) is 25.5 Å². The molecule has 3 N–H and O–H groups in total. The van der Waals surface area contributed by atoms with E-state index in [1.165, 1.54) is 6.07 Å². The summed E-state index contributed by atoms with van der Waals surface area (Å²) in [6, 6.07) is 2.44. The van der Waals surface area contributed by atoms with Gasteiger partial charge in [-0.15, -0.1) is 0 Å². The van der Waals surface area contributed by atoms with Crippen LogP contribution in [0, 0.1) is 5.82 Å². The molecule has 100 valence electrons. The molecule has 0 heterocycles. The summed E-state index contributed by atoms with van der Waals surface area (Å²) < 4.78 is 41.0. The van der Waals surface area contributed by atoms with Crippen molar-refractivity contribution in [1.82, 2.24) is 0 Å². The maximum Gasteiger partial charge on any atom is 0.387 e. The van der Waals surface area contributed by atoms with E-state index in [0.29, 0.717) is 5.56 Å². The SMILES string of the molecule is N[C@@H](CCc1ccc(OC(F)F)c(F)c1)C(=O)O. The topological polar surface area (TPSA) is 72.5 Å². The largest absolute Gasteiger partial charge is 0.480 e. The van der Waals surface area contributed by atoms with Crippen LogP contribution in [0.1, 0.15) is 12.0 Å². The number of carbonyl (C=O) groups is 1. The zero-order valence-electron chi connectivity index (χ0n) is 9.28. The molecule has 0 fully saturated rings. The predicted octanol–water partition coefficient (Wildman–Crippen LogP) is 1.77. The minimum atomic E-state index is -3.09. The zero-order valence-corrected chi connectivity index (χ0v) is 9.28. The van der Waals surface area contributed by atoms with E-state index >= 15 is 0 Å². The zero-order chi connectivity index (χ0) is 13.7. The Morgan fingerprint density at radius 1 is 1.44 bits per heavy atom. The third-order valence-corrected chi connectivity index (χ3v) is 2.27. The molecule has 0 spiro atoms. The molecule has 0 aliphatic carbocycles. The molecule has 0 saturated heterocycles. The Morgan fingerprint density at radius 3 is 2.61 bits per heavy atom. The van der Waals surface area contributed by atoms with Crippen LogP contribution in [0.5, 0.6) is 5.75 Å². The highest BCUT2D eigenvalue weighted by atomic mass is 19.3. The first-order chi connectivity index (χ1) is 8.40. The summed E-state index contributed by atoms with van der Waals surface area (Å²) >= 11 is 0. The molecular formula is C11H12F3NO3. The molecule has 0 aliphatic rings. The summed E-state index contributed by atoms with van der Waals surface area (Å²) in [5.41, 5.74) is 5.74. The Labute approximate surface area is 101 Å². The summed E-state index contributed by atoms with van der Waals surface area (Å²) in [7, 11) is 0. The number of alkyl halides is 2. The first-order valence-electron chi connectivity index (χ1n) is 5.11. The Bertz CT molecular complexity index is 426. The van der Waals surface area contributed by atoms with E-state index in [4.69, 9.17) is 10.8 Å². The van der Waals surface area contributed by atoms with E-state index in [2.05, 4.69) is 4.74 Å². The third kappa shape index (κ3) is 4.25. The number of halogens is 3. The van der Waals surface area contributed by atoms with Crippen LogP contribution in [0.15, 0.2) is 18.2 Å². The maximum absolute atomic E-state index is 13.3. The van der Waals surface area contributed by atoms with Crippen molar-refractivity contribution in [3.63, 3.8) is 0 Å². The minimum Gasteiger partial charge on any atom is -0.480 e. The number of rotatable bonds is 6. The fourth-order valence-electron chi connectivity index (χ4n) is 1.34. The molecule has 0 unspecified atom stereocenters. The summed E-state index contributed by atoms with van der Waals surface area (Å²) in [4.78, 5) is 10.5. The van der Waals surface area contributed by atoms with E-state index in [1.54, 1.807) is 0 Å². The Balaban J connectivity index is 2.64. The van der Waals surface area contributed by atoms with Gasteiger partial charge in [0.25, 0.3) is 0 Å². The highest BCUT2D eigenvalue weighted by Gasteiger charge is 2.13. The normalized spacial score (nSPS) is 12.5. The van der Waals surface area contributed by atoms with E-state index in [1.807, 2.05) is 0 Å². The number of aliphatic carboxylic acids is 1. The Hall–Kier alpha value is -1.76. The van der Waals surface area contributed by atoms with Gasteiger partial charge in [-0.25, -0.2) is 4.39 Å². The first-order valence-corrected chi connectivity index (χ1v) is 5.11. The monoisotopic (exact) mass is 263 g/mol. The van der Waals surface area contributed by atoms with Crippen LogP contribution in [0.3, 0.4) is 0 Å². The smallest absolute Gasteiger partial charge is 0.387 e. The second-order valence-corrected chi connectivity index (χ2v) is 3.63. The van der Waals surface area contributed by atoms with Crippen LogP contribution in [-0.2, 0) is 11.2 Å². The number of hydrogen-bond acceptors (Lipinski definition) is 3. The number of aryl methyl sites for hydroxylation is 1. The average Bonchev–Trinajstić information content (AvgIpc) is 2.28. The number of hydrogen-bond donors (Lipinski definition) is 2. The molecule has 7 heteroatoms. The van der Waals surface area contributed by atoms with Gasteiger partial charge in [-0.2, -0.15) is 8.78 Å². The lowest BCUT2D eigenvalue weighted by molar-refractivity contribution is -0.138. The summed E-state index contributed by atoms with van der Waals surface area (Å²) in [6.45, 7) is -3.09. The number of carboxylic acids is 1. The molecule has 1 aromatic rings. The fourth-order valence-corrected chi connectivity index (χ4v) is 1.34. The highest BCUT2D eigenvalue weighted by molar-refractivity contribution is 5.73. The van der Waals surface area contributed by atoms with Crippen molar-refractivity contribution < 1.29 is 27.8 Å². The van der Waals surface area contributed by atoms with Gasteiger partial charge in [-0.3, -0.25) is 4.79 Å². The van der Waals surface area contributed by atoms with Crippen molar-refractivity contribution in [1.29, 1.82) is 0 Å². The van der Waals surface area contributed by atoms with Crippen LogP contribution in [-0.4, -0.2) is 23.7 Å². The lowest BCUT2D eigenvalue weighted by atomic mass is 10.1. The van der Waals surface area contributed by atoms with E-state index in [-0.39, 0.29) is 12.8 Å². The number of carboxylic acid groups (broad SMARTS) is 1. The van der Waals surface area contributed by atoms with Crippen LogP contribution in [0.2, 0.25) is 0 Å². The molecule has 1 aromatic carbocycles. The highest BCUT2D eigenvalue weighted by Crippen LogP contribution is 2.21. The lowest BCUT2D eigenvalue weighted by Gasteiger charge is -2.09. The van der Waals surface area contributed by atoms with Crippen molar-refractivity contribution in [2.24, 2.45) is 5.73 Å². The molecule has 0 aliphatic heterocycles. The summed E-state index contributed by atoms with van der Waals surface area (Å²) in [5, 5.41) is 8.56. The Kier molecular flexibility index (Phi) is 4.96. The molecule has 4 nitrogen and oxygen atoms in total. The number of nitrogens with two attached hydrogens (primary N) is 1. The van der Waals surface area contributed by atoms with Crippen LogP contribution in [0.25, 0.3) is 0 Å². The van der Waals surface area contributed by atoms with Crippen LogP contribution >= 0.6 is 0 Å². The molecule has 0 radical (unpaired) electrons. The molecule has 1 atom stereocenters. The van der Waals surface area contributed by atoms with Gasteiger partial charge in [0.2, 0.25) is 0 Å². The van der Waals surface area contributed by atoms with Gasteiger partial charge in [-0.1, -0.05) is 6.07 Å². The summed E-state index contributed by atoms with van der Waals surface area (Å²) in [5.74, 6) is -2.61. The quantitative estimate of drug-likeness (QED) is 0.820. The molecular weight excluding hydrogens is 251 g/mol. The van der Waals surface area contributed by atoms with E-state index in [9.17, 15) is 18.0 Å². The second kappa shape index (κ2) is 6.25. The van der Waals surface area contributed by atoms with Gasteiger partial charge in [-0.05, 0) is 30.5 Å². The number of ether oxygens (including phenoxy) is 1. The lowest BCUT2D eigenvalue weighted by Crippen LogP contribution is -2.30. The van der Waals surface area contributed by atoms with E-state index < -0.39 is 30.2 Å². The van der Waals surface area contributed by atoms with Crippen molar-refractivity contribution in [2.75, 3.05) is 0 Å². The molecule has 0 bridgehead atoms. The summed E-state index contributed by atoms with van der Waals surface area (Å²) in [6.07, 6.45) is 0.364. The number of benzene rings is 1. The van der Waals surface area contributed by atoms with Crippen molar-refractivity contribution >= 4 is 5.97 Å². The van der Waals surface area contributed by atoms with Gasteiger partial charge in [0.05, 0.1) is 0 Å². The molecule has 1 rings (SSSR count). The second-order valence-electron chi connectivity index (χ2n) is 3.63. The first kappa shape index (κ1) is 14.3. The van der Waals surface area contributed by atoms with Gasteiger partial charge < -0.3 is 15.6 Å². The van der Waals surface area contributed by atoms with Crippen LogP contribution < -0.4 is 10.5 Å². The Morgan fingerprint density at radius 2 is 2.11 bits per heavy atom. The molecule has 0 amide bonds. The molecule has 0 saturated carbocycles. The van der Waals surface area contributed by atoms with Gasteiger partial charge in [0.15, 0.2) is 11.6 Å². The minimum absolute atomic E-state index is 0.129. The van der Waals surface area contributed by atoms with Crippen molar-refractivity contribution in [3.05, 3.63) is 29.6 Å². The maximum atomic E-state index is 13.3. The van der Waals surface area contributed by atoms with Crippen LogP contribution in [0.4, 0.5) is 13.2 Å². The van der Waals surface area contributed by atoms with Crippen molar-refractivity contribution in [3.8, 4) is 5.75 Å². The van der Waals surface area contributed by atoms with E-state index in [0.717, 1.165) is 12.1 Å². The molecule has 0 aromatic heterocycles. The predicted molar refractivity (Wildman–Crippen MR) is 57.0 cm³/mol. The fraction of sp³-hybridized carbons (Fsp3) is 0.364. The van der Waals surface area contributed by atoms with Gasteiger partial charge in [0, 0.05) is 0 Å². The van der Waals surface area contributed by atoms with Gasteiger partial charge >= 0.3 is 12.6 Å². The molecule has 18 heavy (non-hydrogen) atoms. The third-order valence-electron chi connectivity index (χ3n) is 2.27. The average molecular weight is 263 g/mol.